The fourth-order valence-electron chi connectivity index (χ4n) is 1.64. The second-order valence-corrected chi connectivity index (χ2v) is 4.27. The number of carbonyl (C=O) groups excluding carboxylic acids is 1. The summed E-state index contributed by atoms with van der Waals surface area (Å²) in [6.07, 6.45) is 0.533. The Morgan fingerprint density at radius 3 is 2.50 bits per heavy atom. The molecule has 1 heterocycles. The van der Waals surface area contributed by atoms with E-state index >= 15 is 0 Å². The molecule has 0 atom stereocenters. The van der Waals surface area contributed by atoms with Crippen molar-refractivity contribution in [2.45, 2.75) is 13.3 Å². The van der Waals surface area contributed by atoms with Gasteiger partial charge in [0, 0.05) is 39.1 Å². The normalized spacial score (nSPS) is 17.2. The van der Waals surface area contributed by atoms with E-state index in [-0.39, 0.29) is 6.09 Å². The van der Waals surface area contributed by atoms with Crippen LogP contribution in [0.5, 0.6) is 0 Å². The quantitative estimate of drug-likeness (QED) is 0.728. The van der Waals surface area contributed by atoms with Crippen molar-refractivity contribution in [3.8, 4) is 0 Å². The van der Waals surface area contributed by atoms with E-state index in [2.05, 4.69) is 4.90 Å². The highest BCUT2D eigenvalue weighted by molar-refractivity contribution is 7.80. The maximum absolute atomic E-state index is 11.4. The highest BCUT2D eigenvalue weighted by Gasteiger charge is 2.21. The summed E-state index contributed by atoms with van der Waals surface area (Å²) >= 11 is 4.83. The largest absolute Gasteiger partial charge is 0.450 e. The average molecular weight is 245 g/mol. The predicted octanol–water partition coefficient (Wildman–Crippen LogP) is 0.437. The van der Waals surface area contributed by atoms with Gasteiger partial charge in [-0.15, -0.1) is 0 Å². The summed E-state index contributed by atoms with van der Waals surface area (Å²) in [7, 11) is 0. The lowest BCUT2D eigenvalue weighted by Crippen LogP contribution is -2.49. The monoisotopic (exact) mass is 245 g/mol. The molecule has 1 fully saturated rings. The van der Waals surface area contributed by atoms with Crippen molar-refractivity contribution in [3.63, 3.8) is 0 Å². The Morgan fingerprint density at radius 1 is 1.38 bits per heavy atom. The molecule has 16 heavy (non-hydrogen) atoms. The molecule has 0 bridgehead atoms. The molecule has 1 saturated heterocycles. The highest BCUT2D eigenvalue weighted by atomic mass is 32.1. The summed E-state index contributed by atoms with van der Waals surface area (Å²) in [5.41, 5.74) is 5.44. The topological polar surface area (TPSA) is 58.8 Å². The van der Waals surface area contributed by atoms with Gasteiger partial charge in [-0.25, -0.2) is 4.79 Å². The molecule has 6 heteroatoms. The number of hydrogen-bond donors (Lipinski definition) is 1. The smallest absolute Gasteiger partial charge is 0.409 e. The van der Waals surface area contributed by atoms with Gasteiger partial charge in [0.25, 0.3) is 0 Å². The molecule has 92 valence electrons. The molecule has 2 N–H and O–H groups in total. The van der Waals surface area contributed by atoms with Crippen LogP contribution >= 0.6 is 12.2 Å². The third-order valence-corrected chi connectivity index (χ3v) is 2.78. The first-order chi connectivity index (χ1) is 7.63. The van der Waals surface area contributed by atoms with E-state index in [1.165, 1.54) is 0 Å². The number of thiocarbonyl (C=S) groups is 1. The van der Waals surface area contributed by atoms with Crippen LogP contribution in [0.25, 0.3) is 0 Å². The first-order valence-corrected chi connectivity index (χ1v) is 5.96. The average Bonchev–Trinajstić information content (AvgIpc) is 2.27. The van der Waals surface area contributed by atoms with E-state index in [1.54, 1.807) is 4.90 Å². The van der Waals surface area contributed by atoms with Crippen LogP contribution in [-0.4, -0.2) is 60.2 Å². The van der Waals surface area contributed by atoms with Gasteiger partial charge in [0.2, 0.25) is 0 Å². The SMILES string of the molecule is CCOC(=O)N1CCN(CCC(N)=S)CC1. The molecule has 0 unspecified atom stereocenters. The first kappa shape index (κ1) is 13.2. The summed E-state index contributed by atoms with van der Waals surface area (Å²) in [6, 6.07) is 0. The molecule has 1 aliphatic heterocycles. The van der Waals surface area contributed by atoms with Crippen LogP contribution in [0.2, 0.25) is 0 Å². The Morgan fingerprint density at radius 2 is 2.00 bits per heavy atom. The second kappa shape index (κ2) is 6.65. The van der Waals surface area contributed by atoms with Gasteiger partial charge < -0.3 is 15.4 Å². The Kier molecular flexibility index (Phi) is 5.48. The number of nitrogens with zero attached hydrogens (tertiary/aromatic N) is 2. The van der Waals surface area contributed by atoms with Gasteiger partial charge in [-0.1, -0.05) is 12.2 Å². The van der Waals surface area contributed by atoms with Crippen molar-refractivity contribution < 1.29 is 9.53 Å². The second-order valence-electron chi connectivity index (χ2n) is 3.74. The molecule has 0 spiro atoms. The fraction of sp³-hybridized carbons (Fsp3) is 0.800. The summed E-state index contributed by atoms with van der Waals surface area (Å²) in [5.74, 6) is 0. The third-order valence-electron chi connectivity index (χ3n) is 2.57. The van der Waals surface area contributed by atoms with E-state index in [0.717, 1.165) is 39.1 Å². The maximum atomic E-state index is 11.4. The van der Waals surface area contributed by atoms with Gasteiger partial charge in [-0.3, -0.25) is 4.90 Å². The van der Waals surface area contributed by atoms with Crippen molar-refractivity contribution in [1.82, 2.24) is 9.80 Å². The molecule has 0 saturated carbocycles. The zero-order valence-electron chi connectivity index (χ0n) is 9.65. The van der Waals surface area contributed by atoms with E-state index in [1.807, 2.05) is 6.92 Å². The summed E-state index contributed by atoms with van der Waals surface area (Å²) in [6.45, 7) is 6.29. The van der Waals surface area contributed by atoms with Crippen LogP contribution in [0.4, 0.5) is 4.79 Å². The molecule has 0 aromatic rings. The number of carbonyl (C=O) groups is 1. The van der Waals surface area contributed by atoms with E-state index in [4.69, 9.17) is 22.7 Å². The Hall–Kier alpha value is -0.880. The minimum Gasteiger partial charge on any atom is -0.450 e. The van der Waals surface area contributed by atoms with Crippen molar-refractivity contribution in [1.29, 1.82) is 0 Å². The standard InChI is InChI=1S/C10H19N3O2S/c1-2-15-10(14)13-7-5-12(6-8-13)4-3-9(11)16/h2-8H2,1H3,(H2,11,16). The van der Waals surface area contributed by atoms with Gasteiger partial charge >= 0.3 is 6.09 Å². The Bertz CT molecular complexity index is 252. The molecule has 0 aliphatic carbocycles. The lowest BCUT2D eigenvalue weighted by Gasteiger charge is -2.33. The van der Waals surface area contributed by atoms with Crippen molar-refractivity contribution in [2.75, 3.05) is 39.3 Å². The van der Waals surface area contributed by atoms with E-state index in [0.29, 0.717) is 11.6 Å². The summed E-state index contributed by atoms with van der Waals surface area (Å²) in [5, 5.41) is 0. The van der Waals surface area contributed by atoms with Crippen LogP contribution in [-0.2, 0) is 4.74 Å². The van der Waals surface area contributed by atoms with E-state index < -0.39 is 0 Å². The molecule has 5 nitrogen and oxygen atoms in total. The molecule has 0 aromatic heterocycles. The summed E-state index contributed by atoms with van der Waals surface area (Å²) in [4.78, 5) is 16.0. The number of piperazine rings is 1. The van der Waals surface area contributed by atoms with Crippen LogP contribution < -0.4 is 5.73 Å². The zero-order chi connectivity index (χ0) is 12.0. The van der Waals surface area contributed by atoms with Gasteiger partial charge in [-0.05, 0) is 6.92 Å². The number of amides is 1. The lowest BCUT2D eigenvalue weighted by atomic mass is 10.3. The number of hydrogen-bond acceptors (Lipinski definition) is 4. The number of rotatable bonds is 4. The Balaban J connectivity index is 2.23. The van der Waals surface area contributed by atoms with Gasteiger partial charge in [0.05, 0.1) is 11.6 Å². The highest BCUT2D eigenvalue weighted by Crippen LogP contribution is 2.04. The van der Waals surface area contributed by atoms with Crippen molar-refractivity contribution in [3.05, 3.63) is 0 Å². The van der Waals surface area contributed by atoms with Gasteiger partial charge in [0.1, 0.15) is 0 Å². The van der Waals surface area contributed by atoms with Gasteiger partial charge in [-0.2, -0.15) is 0 Å². The molecule has 0 aromatic carbocycles. The number of ether oxygens (including phenoxy) is 1. The van der Waals surface area contributed by atoms with Crippen LogP contribution in [0.15, 0.2) is 0 Å². The molecular weight excluding hydrogens is 226 g/mol. The molecule has 0 radical (unpaired) electrons. The zero-order valence-corrected chi connectivity index (χ0v) is 10.5. The van der Waals surface area contributed by atoms with Crippen LogP contribution in [0.3, 0.4) is 0 Å². The van der Waals surface area contributed by atoms with Crippen molar-refractivity contribution in [2.24, 2.45) is 5.73 Å². The maximum Gasteiger partial charge on any atom is 0.409 e. The van der Waals surface area contributed by atoms with Crippen LogP contribution in [0.1, 0.15) is 13.3 Å². The van der Waals surface area contributed by atoms with Gasteiger partial charge in [0.15, 0.2) is 0 Å². The molecule has 1 aliphatic rings. The first-order valence-electron chi connectivity index (χ1n) is 5.56. The predicted molar refractivity (Wildman–Crippen MR) is 66.4 cm³/mol. The van der Waals surface area contributed by atoms with Crippen molar-refractivity contribution >= 4 is 23.3 Å². The molecule has 1 rings (SSSR count). The van der Waals surface area contributed by atoms with E-state index in [9.17, 15) is 4.79 Å². The summed E-state index contributed by atoms with van der Waals surface area (Å²) < 4.78 is 4.94. The lowest BCUT2D eigenvalue weighted by molar-refractivity contribution is 0.0804. The third kappa shape index (κ3) is 4.32. The number of nitrogens with two attached hydrogens (primary N) is 1. The minimum atomic E-state index is -0.212. The van der Waals surface area contributed by atoms with Crippen LogP contribution in [0, 0.1) is 0 Å². The molecule has 1 amide bonds. The Labute approximate surface area is 102 Å². The fourth-order valence-corrected chi connectivity index (χ4v) is 1.73. The minimum absolute atomic E-state index is 0.212. The molecular formula is C10H19N3O2S.